The van der Waals surface area contributed by atoms with E-state index in [1.165, 1.54) is 18.9 Å². The van der Waals surface area contributed by atoms with Crippen molar-refractivity contribution < 1.29 is 4.39 Å². The van der Waals surface area contributed by atoms with Gasteiger partial charge in [-0.2, -0.15) is 0 Å². The fourth-order valence-electron chi connectivity index (χ4n) is 2.46. The summed E-state index contributed by atoms with van der Waals surface area (Å²) in [6.07, 6.45) is 3.56. The summed E-state index contributed by atoms with van der Waals surface area (Å²) in [5.41, 5.74) is 0.768. The number of piperidine rings is 1. The van der Waals surface area contributed by atoms with Gasteiger partial charge in [0.25, 0.3) is 0 Å². The van der Waals surface area contributed by atoms with Crippen molar-refractivity contribution in [2.75, 3.05) is 13.6 Å². The fraction of sp³-hybridized carbons (Fsp3) is 0.538. The van der Waals surface area contributed by atoms with Crippen molar-refractivity contribution in [1.29, 1.82) is 0 Å². The van der Waals surface area contributed by atoms with Crippen LogP contribution in [0.25, 0.3) is 0 Å². The second-order valence-electron chi connectivity index (χ2n) is 4.34. The predicted octanol–water partition coefficient (Wildman–Crippen LogP) is 2.23. The van der Waals surface area contributed by atoms with Gasteiger partial charge in [-0.3, -0.25) is 0 Å². The molecule has 0 amide bonds. The Hall–Kier alpha value is -0.930. The van der Waals surface area contributed by atoms with Gasteiger partial charge in [0.2, 0.25) is 0 Å². The monoisotopic (exact) mass is 222 g/mol. The zero-order valence-electron chi connectivity index (χ0n) is 9.67. The molecule has 1 saturated heterocycles. The van der Waals surface area contributed by atoms with Crippen LogP contribution >= 0.6 is 0 Å². The lowest BCUT2D eigenvalue weighted by atomic mass is 9.92. The van der Waals surface area contributed by atoms with Crippen LogP contribution in [0.2, 0.25) is 0 Å². The Bertz CT molecular complexity index is 334. The van der Waals surface area contributed by atoms with Crippen molar-refractivity contribution in [2.24, 2.45) is 0 Å². The highest BCUT2D eigenvalue weighted by molar-refractivity contribution is 5.23. The summed E-state index contributed by atoms with van der Waals surface area (Å²) in [5.74, 6) is -0.116. The molecule has 88 valence electrons. The molecular formula is C13H19FN2. The first-order chi connectivity index (χ1) is 7.83. The maximum atomic E-state index is 13.7. The maximum absolute atomic E-state index is 13.7. The normalized spacial score (nSPS) is 23.0. The summed E-state index contributed by atoms with van der Waals surface area (Å²) < 4.78 is 13.7. The van der Waals surface area contributed by atoms with Crippen LogP contribution in [0.5, 0.6) is 0 Å². The summed E-state index contributed by atoms with van der Waals surface area (Å²) in [6.45, 7) is 1.04. The first kappa shape index (κ1) is 11.6. The summed E-state index contributed by atoms with van der Waals surface area (Å²) in [6, 6.07) is 7.44. The second-order valence-corrected chi connectivity index (χ2v) is 4.34. The first-order valence-electron chi connectivity index (χ1n) is 5.98. The number of hydrogen-bond donors (Lipinski definition) is 2. The lowest BCUT2D eigenvalue weighted by molar-refractivity contribution is 0.321. The molecule has 3 heteroatoms. The highest BCUT2D eigenvalue weighted by Crippen LogP contribution is 2.24. The SMILES string of the molecule is CNC(c1ccccc1F)C1CCCCN1. The van der Waals surface area contributed by atoms with E-state index in [0.29, 0.717) is 6.04 Å². The number of halogens is 1. The van der Waals surface area contributed by atoms with Crippen molar-refractivity contribution in [3.63, 3.8) is 0 Å². The number of rotatable bonds is 3. The average Bonchev–Trinajstić information content (AvgIpc) is 2.34. The molecule has 1 aliphatic rings. The van der Waals surface area contributed by atoms with Gasteiger partial charge in [-0.25, -0.2) is 4.39 Å². The van der Waals surface area contributed by atoms with Gasteiger partial charge in [-0.15, -0.1) is 0 Å². The van der Waals surface area contributed by atoms with Crippen LogP contribution < -0.4 is 10.6 Å². The molecule has 2 N–H and O–H groups in total. The molecule has 1 heterocycles. The molecule has 1 fully saturated rings. The van der Waals surface area contributed by atoms with Crippen LogP contribution in [-0.2, 0) is 0 Å². The molecule has 0 aromatic heterocycles. The quantitative estimate of drug-likeness (QED) is 0.819. The van der Waals surface area contributed by atoms with Crippen molar-refractivity contribution in [3.8, 4) is 0 Å². The highest BCUT2D eigenvalue weighted by atomic mass is 19.1. The molecule has 0 spiro atoms. The third-order valence-electron chi connectivity index (χ3n) is 3.30. The standard InChI is InChI=1S/C13H19FN2/c1-15-13(12-8-4-5-9-16-12)10-6-2-3-7-11(10)14/h2-3,6-7,12-13,15-16H,4-5,8-9H2,1H3. The minimum atomic E-state index is -0.116. The van der Waals surface area contributed by atoms with E-state index < -0.39 is 0 Å². The Morgan fingerprint density at radius 1 is 1.38 bits per heavy atom. The zero-order chi connectivity index (χ0) is 11.4. The van der Waals surface area contributed by atoms with Gasteiger partial charge in [0.05, 0.1) is 6.04 Å². The van der Waals surface area contributed by atoms with Crippen LogP contribution in [0.4, 0.5) is 4.39 Å². The molecule has 2 atom stereocenters. The van der Waals surface area contributed by atoms with E-state index in [-0.39, 0.29) is 11.9 Å². The summed E-state index contributed by atoms with van der Waals surface area (Å²) in [4.78, 5) is 0. The largest absolute Gasteiger partial charge is 0.312 e. The average molecular weight is 222 g/mol. The van der Waals surface area contributed by atoms with Crippen molar-refractivity contribution >= 4 is 0 Å². The third-order valence-corrected chi connectivity index (χ3v) is 3.30. The van der Waals surface area contributed by atoms with Crippen LogP contribution in [0.1, 0.15) is 30.9 Å². The number of nitrogens with one attached hydrogen (secondary N) is 2. The Kier molecular flexibility index (Phi) is 3.91. The summed E-state index contributed by atoms with van der Waals surface area (Å²) in [5, 5.41) is 6.69. The molecule has 0 aliphatic carbocycles. The van der Waals surface area contributed by atoms with Crippen molar-refractivity contribution in [1.82, 2.24) is 10.6 Å². The van der Waals surface area contributed by atoms with E-state index >= 15 is 0 Å². The molecule has 2 rings (SSSR count). The Balaban J connectivity index is 2.18. The minimum absolute atomic E-state index is 0.0708. The van der Waals surface area contributed by atoms with Gasteiger partial charge in [0.1, 0.15) is 5.82 Å². The van der Waals surface area contributed by atoms with Crippen LogP contribution in [-0.4, -0.2) is 19.6 Å². The van der Waals surface area contributed by atoms with Crippen LogP contribution in [0, 0.1) is 5.82 Å². The van der Waals surface area contributed by atoms with Gasteiger partial charge < -0.3 is 10.6 Å². The fourth-order valence-corrected chi connectivity index (χ4v) is 2.46. The molecule has 0 bridgehead atoms. The van der Waals surface area contributed by atoms with Gasteiger partial charge in [-0.05, 0) is 32.5 Å². The molecule has 16 heavy (non-hydrogen) atoms. The smallest absolute Gasteiger partial charge is 0.128 e. The van der Waals surface area contributed by atoms with Gasteiger partial charge in [0.15, 0.2) is 0 Å². The Morgan fingerprint density at radius 3 is 2.81 bits per heavy atom. The predicted molar refractivity (Wildman–Crippen MR) is 63.8 cm³/mol. The van der Waals surface area contributed by atoms with Gasteiger partial charge in [0, 0.05) is 11.6 Å². The topological polar surface area (TPSA) is 24.1 Å². The second kappa shape index (κ2) is 5.41. The summed E-state index contributed by atoms with van der Waals surface area (Å²) >= 11 is 0. The molecular weight excluding hydrogens is 203 g/mol. The van der Waals surface area contributed by atoms with E-state index in [1.807, 2.05) is 19.2 Å². The molecule has 0 radical (unpaired) electrons. The van der Waals surface area contributed by atoms with E-state index in [2.05, 4.69) is 10.6 Å². The van der Waals surface area contributed by atoms with Gasteiger partial charge >= 0.3 is 0 Å². The molecule has 2 nitrogen and oxygen atoms in total. The van der Waals surface area contributed by atoms with E-state index in [0.717, 1.165) is 18.5 Å². The van der Waals surface area contributed by atoms with Crippen molar-refractivity contribution in [3.05, 3.63) is 35.6 Å². The number of hydrogen-bond acceptors (Lipinski definition) is 2. The summed E-state index contributed by atoms with van der Waals surface area (Å²) in [7, 11) is 1.90. The molecule has 2 unspecified atom stereocenters. The number of benzene rings is 1. The molecule has 0 saturated carbocycles. The van der Waals surface area contributed by atoms with E-state index in [9.17, 15) is 4.39 Å². The first-order valence-corrected chi connectivity index (χ1v) is 5.98. The van der Waals surface area contributed by atoms with Gasteiger partial charge in [-0.1, -0.05) is 24.6 Å². The minimum Gasteiger partial charge on any atom is -0.312 e. The number of likely N-dealkylation sites (N-methyl/N-ethyl adjacent to an activating group) is 1. The maximum Gasteiger partial charge on any atom is 0.128 e. The molecule has 1 aromatic carbocycles. The molecule has 1 aromatic rings. The van der Waals surface area contributed by atoms with E-state index in [4.69, 9.17) is 0 Å². The molecule has 1 aliphatic heterocycles. The lowest BCUT2D eigenvalue weighted by Gasteiger charge is -2.31. The van der Waals surface area contributed by atoms with Crippen molar-refractivity contribution in [2.45, 2.75) is 31.3 Å². The highest BCUT2D eigenvalue weighted by Gasteiger charge is 2.25. The lowest BCUT2D eigenvalue weighted by Crippen LogP contribution is -2.43. The third kappa shape index (κ3) is 2.42. The zero-order valence-corrected chi connectivity index (χ0v) is 9.67. The van der Waals surface area contributed by atoms with E-state index in [1.54, 1.807) is 6.07 Å². The Morgan fingerprint density at radius 2 is 2.19 bits per heavy atom. The Labute approximate surface area is 96.2 Å². The van der Waals surface area contributed by atoms with Crippen LogP contribution in [0.3, 0.4) is 0 Å². The van der Waals surface area contributed by atoms with Crippen LogP contribution in [0.15, 0.2) is 24.3 Å².